The quantitative estimate of drug-likeness (QED) is 0.668. The van der Waals surface area contributed by atoms with E-state index in [-0.39, 0.29) is 0 Å². The molecule has 1 aromatic carbocycles. The smallest absolute Gasteiger partial charge is 0.146 e. The number of carbonyl (C=O) groups is 1. The van der Waals surface area contributed by atoms with E-state index in [0.717, 1.165) is 31.1 Å². The molecule has 1 aromatic rings. The molecule has 1 heteroatoms. The molecule has 0 amide bonds. The Balaban J connectivity index is 0.000000861. The Labute approximate surface area is 117 Å². The Hall–Kier alpha value is -1.37. The van der Waals surface area contributed by atoms with Crippen molar-refractivity contribution in [1.82, 2.24) is 0 Å². The summed E-state index contributed by atoms with van der Waals surface area (Å²) in [6.07, 6.45) is 4.07. The fourth-order valence-corrected chi connectivity index (χ4v) is 2.48. The molecule has 0 bridgehead atoms. The van der Waals surface area contributed by atoms with Gasteiger partial charge in [0.05, 0.1) is 0 Å². The zero-order chi connectivity index (χ0) is 14.5. The van der Waals surface area contributed by atoms with E-state index in [0.29, 0.717) is 5.41 Å². The molecule has 0 unspecified atom stereocenters. The Bertz CT molecular complexity index is 449. The van der Waals surface area contributed by atoms with E-state index >= 15 is 0 Å². The molecule has 0 radical (unpaired) electrons. The third kappa shape index (κ3) is 4.05. The standard InChI is InChI=1S/C16H20O.C2H6/c1-12-4-6-13(7-5-12)15-10-16(2,3)9-8-14(15)11-17;1-2/h4-7,11H,8-10H2,1-3H3;1-2H3. The molecule has 0 aliphatic heterocycles. The predicted octanol–water partition coefficient (Wildman–Crippen LogP) is 5.18. The molecule has 0 N–H and O–H groups in total. The van der Waals surface area contributed by atoms with Crippen LogP contribution in [0.15, 0.2) is 29.8 Å². The lowest BCUT2D eigenvalue weighted by molar-refractivity contribution is -0.105. The van der Waals surface area contributed by atoms with Gasteiger partial charge < -0.3 is 0 Å². The average molecular weight is 258 g/mol. The van der Waals surface area contributed by atoms with Gasteiger partial charge in [0.25, 0.3) is 0 Å². The van der Waals surface area contributed by atoms with E-state index in [1.165, 1.54) is 16.7 Å². The highest BCUT2D eigenvalue weighted by Gasteiger charge is 2.27. The lowest BCUT2D eigenvalue weighted by Crippen LogP contribution is -2.18. The SMILES string of the molecule is CC.Cc1ccc(C2=C(C=O)CCC(C)(C)C2)cc1. The maximum Gasteiger partial charge on any atom is 0.146 e. The van der Waals surface area contributed by atoms with E-state index in [1.54, 1.807) is 0 Å². The summed E-state index contributed by atoms with van der Waals surface area (Å²) < 4.78 is 0. The number of rotatable bonds is 2. The molecule has 0 saturated heterocycles. The Morgan fingerprint density at radius 2 is 1.68 bits per heavy atom. The summed E-state index contributed by atoms with van der Waals surface area (Å²) in [5, 5.41) is 0. The summed E-state index contributed by atoms with van der Waals surface area (Å²) in [6, 6.07) is 8.50. The number of carbonyl (C=O) groups excluding carboxylic acids is 1. The molecule has 1 aliphatic rings. The molecule has 0 atom stereocenters. The molecule has 0 aromatic heterocycles. The average Bonchev–Trinajstić information content (AvgIpc) is 2.41. The van der Waals surface area contributed by atoms with Gasteiger partial charge in [0.1, 0.15) is 6.29 Å². The molecule has 19 heavy (non-hydrogen) atoms. The first-order chi connectivity index (χ1) is 9.02. The minimum Gasteiger partial charge on any atom is -0.298 e. The number of benzene rings is 1. The van der Waals surface area contributed by atoms with Gasteiger partial charge in [-0.25, -0.2) is 0 Å². The normalized spacial score (nSPS) is 17.5. The highest BCUT2D eigenvalue weighted by atomic mass is 16.1. The number of hydrogen-bond acceptors (Lipinski definition) is 1. The predicted molar refractivity (Wildman–Crippen MR) is 83.1 cm³/mol. The fourth-order valence-electron chi connectivity index (χ4n) is 2.48. The van der Waals surface area contributed by atoms with Crippen LogP contribution in [0, 0.1) is 12.3 Å². The molecule has 0 saturated carbocycles. The molecular weight excluding hydrogens is 232 g/mol. The minimum atomic E-state index is 0.312. The van der Waals surface area contributed by atoms with E-state index in [9.17, 15) is 4.79 Å². The van der Waals surface area contributed by atoms with Gasteiger partial charge >= 0.3 is 0 Å². The van der Waals surface area contributed by atoms with Crippen LogP contribution in [-0.2, 0) is 4.79 Å². The summed E-state index contributed by atoms with van der Waals surface area (Å²) in [5.74, 6) is 0. The molecule has 1 aliphatic carbocycles. The molecule has 104 valence electrons. The van der Waals surface area contributed by atoms with Gasteiger partial charge in [-0.15, -0.1) is 0 Å². The van der Waals surface area contributed by atoms with Crippen molar-refractivity contribution in [2.75, 3.05) is 0 Å². The summed E-state index contributed by atoms with van der Waals surface area (Å²) in [4.78, 5) is 11.2. The van der Waals surface area contributed by atoms with E-state index in [2.05, 4.69) is 45.0 Å². The van der Waals surface area contributed by atoms with Crippen molar-refractivity contribution in [3.63, 3.8) is 0 Å². The van der Waals surface area contributed by atoms with Crippen molar-refractivity contribution in [3.8, 4) is 0 Å². The third-order valence-corrected chi connectivity index (χ3v) is 3.66. The topological polar surface area (TPSA) is 17.1 Å². The maximum atomic E-state index is 11.2. The van der Waals surface area contributed by atoms with Crippen LogP contribution in [0.5, 0.6) is 0 Å². The van der Waals surface area contributed by atoms with Crippen LogP contribution in [0.4, 0.5) is 0 Å². The van der Waals surface area contributed by atoms with Gasteiger partial charge in [0.2, 0.25) is 0 Å². The molecule has 0 fully saturated rings. The van der Waals surface area contributed by atoms with E-state index in [1.807, 2.05) is 13.8 Å². The Morgan fingerprint density at radius 3 is 2.21 bits per heavy atom. The van der Waals surface area contributed by atoms with Crippen molar-refractivity contribution >= 4 is 11.9 Å². The summed E-state index contributed by atoms with van der Waals surface area (Å²) in [6.45, 7) is 10.6. The lowest BCUT2D eigenvalue weighted by atomic mass is 9.73. The van der Waals surface area contributed by atoms with E-state index < -0.39 is 0 Å². The van der Waals surface area contributed by atoms with Crippen molar-refractivity contribution in [2.45, 2.75) is 53.9 Å². The first-order valence-electron chi connectivity index (χ1n) is 7.26. The van der Waals surface area contributed by atoms with Crippen LogP contribution < -0.4 is 0 Å². The van der Waals surface area contributed by atoms with Crippen molar-refractivity contribution < 1.29 is 4.79 Å². The molecule has 0 heterocycles. The zero-order valence-electron chi connectivity index (χ0n) is 12.9. The van der Waals surface area contributed by atoms with Crippen LogP contribution in [0.2, 0.25) is 0 Å². The minimum absolute atomic E-state index is 0.312. The van der Waals surface area contributed by atoms with Crippen LogP contribution >= 0.6 is 0 Å². The van der Waals surface area contributed by atoms with Gasteiger partial charge in [0.15, 0.2) is 0 Å². The van der Waals surface area contributed by atoms with Crippen molar-refractivity contribution in [3.05, 3.63) is 41.0 Å². The maximum absolute atomic E-state index is 11.2. The summed E-state index contributed by atoms with van der Waals surface area (Å²) in [5.41, 5.74) is 5.03. The monoisotopic (exact) mass is 258 g/mol. The van der Waals surface area contributed by atoms with Crippen LogP contribution in [0.1, 0.15) is 58.1 Å². The highest BCUT2D eigenvalue weighted by Crippen LogP contribution is 2.42. The van der Waals surface area contributed by atoms with E-state index in [4.69, 9.17) is 0 Å². The van der Waals surface area contributed by atoms with Crippen LogP contribution in [0.3, 0.4) is 0 Å². The Kier molecular flexibility index (Phi) is 5.53. The molecule has 2 rings (SSSR count). The van der Waals surface area contributed by atoms with Crippen molar-refractivity contribution in [1.29, 1.82) is 0 Å². The lowest BCUT2D eigenvalue weighted by Gasteiger charge is -2.32. The number of aldehydes is 1. The second kappa shape index (κ2) is 6.70. The van der Waals surface area contributed by atoms with Gasteiger partial charge in [-0.1, -0.05) is 57.5 Å². The number of hydrogen-bond donors (Lipinski definition) is 0. The highest BCUT2D eigenvalue weighted by molar-refractivity contribution is 5.89. The molecule has 1 nitrogen and oxygen atoms in total. The first-order valence-corrected chi connectivity index (χ1v) is 7.26. The summed E-state index contributed by atoms with van der Waals surface area (Å²) in [7, 11) is 0. The second-order valence-electron chi connectivity index (χ2n) is 5.83. The van der Waals surface area contributed by atoms with Gasteiger partial charge in [-0.2, -0.15) is 0 Å². The van der Waals surface area contributed by atoms with Crippen molar-refractivity contribution in [2.24, 2.45) is 5.41 Å². The fraction of sp³-hybridized carbons (Fsp3) is 0.500. The van der Waals surface area contributed by atoms with Crippen LogP contribution in [0.25, 0.3) is 5.57 Å². The van der Waals surface area contributed by atoms with Gasteiger partial charge in [0, 0.05) is 0 Å². The zero-order valence-corrected chi connectivity index (χ0v) is 12.9. The number of allylic oxidation sites excluding steroid dienone is 2. The van der Waals surface area contributed by atoms with Gasteiger partial charge in [-0.3, -0.25) is 4.79 Å². The first kappa shape index (κ1) is 15.7. The Morgan fingerprint density at radius 1 is 1.11 bits per heavy atom. The third-order valence-electron chi connectivity index (χ3n) is 3.66. The molecular formula is C18H26O. The van der Waals surface area contributed by atoms with Crippen LogP contribution in [-0.4, -0.2) is 6.29 Å². The second-order valence-corrected chi connectivity index (χ2v) is 5.83. The number of aryl methyl sites for hydroxylation is 1. The van der Waals surface area contributed by atoms with Gasteiger partial charge in [-0.05, 0) is 48.3 Å². The largest absolute Gasteiger partial charge is 0.298 e. The summed E-state index contributed by atoms with van der Waals surface area (Å²) >= 11 is 0. The molecule has 0 spiro atoms.